The molecular weight excluding hydrogens is 232 g/mol. The Morgan fingerprint density at radius 2 is 2.00 bits per heavy atom. The number of rotatable bonds is 8. The van der Waals surface area contributed by atoms with Crippen LogP contribution in [0.1, 0.15) is 24.9 Å². The average molecular weight is 254 g/mol. The van der Waals surface area contributed by atoms with Crippen molar-refractivity contribution >= 4 is 0 Å². The Balaban J connectivity index is 2.84. The number of pyridine rings is 1. The quantitative estimate of drug-likeness (QED) is 0.716. The van der Waals surface area contributed by atoms with E-state index >= 15 is 0 Å². The van der Waals surface area contributed by atoms with E-state index in [9.17, 15) is 0 Å². The number of methoxy groups -OCH3 is 2. The summed E-state index contributed by atoms with van der Waals surface area (Å²) in [7, 11) is 5.09. The van der Waals surface area contributed by atoms with Crippen LogP contribution < -0.4 is 10.1 Å². The molecule has 1 aromatic heterocycles. The second-order valence-corrected chi connectivity index (χ2v) is 3.91. The van der Waals surface area contributed by atoms with Gasteiger partial charge in [0.15, 0.2) is 6.29 Å². The molecule has 0 aliphatic heterocycles. The van der Waals surface area contributed by atoms with Crippen LogP contribution in [0.3, 0.4) is 0 Å². The molecule has 1 rings (SSSR count). The van der Waals surface area contributed by atoms with Gasteiger partial charge >= 0.3 is 0 Å². The molecule has 0 aliphatic rings. The van der Waals surface area contributed by atoms with Crippen LogP contribution in [-0.2, 0) is 9.47 Å². The highest BCUT2D eigenvalue weighted by Crippen LogP contribution is 2.22. The highest BCUT2D eigenvalue weighted by atomic mass is 16.7. The van der Waals surface area contributed by atoms with Gasteiger partial charge in [0.05, 0.1) is 18.8 Å². The zero-order valence-electron chi connectivity index (χ0n) is 11.5. The van der Waals surface area contributed by atoms with E-state index in [4.69, 9.17) is 14.2 Å². The van der Waals surface area contributed by atoms with Gasteiger partial charge in [-0.3, -0.25) is 4.98 Å². The number of hydrogen-bond donors (Lipinski definition) is 1. The van der Waals surface area contributed by atoms with Crippen LogP contribution in [0.15, 0.2) is 18.5 Å². The molecule has 18 heavy (non-hydrogen) atoms. The standard InChI is InChI=1S/C13H22N2O3/c1-5-6-18-11-7-10(8-15-9-11)12(14-2)13(16-3)17-4/h7-9,12-14H,5-6H2,1-4H3. The van der Waals surface area contributed by atoms with Gasteiger partial charge in [-0.25, -0.2) is 0 Å². The van der Waals surface area contributed by atoms with Gasteiger partial charge in [0.2, 0.25) is 0 Å². The fourth-order valence-corrected chi connectivity index (χ4v) is 1.73. The van der Waals surface area contributed by atoms with Gasteiger partial charge in [-0.1, -0.05) is 6.92 Å². The molecular formula is C13H22N2O3. The van der Waals surface area contributed by atoms with Crippen LogP contribution in [-0.4, -0.2) is 39.1 Å². The fraction of sp³-hybridized carbons (Fsp3) is 0.615. The largest absolute Gasteiger partial charge is 0.492 e. The number of aromatic nitrogens is 1. The Hall–Kier alpha value is -1.17. The summed E-state index contributed by atoms with van der Waals surface area (Å²) in [6.45, 7) is 2.76. The highest BCUT2D eigenvalue weighted by molar-refractivity contribution is 5.26. The molecule has 1 unspecified atom stereocenters. The Morgan fingerprint density at radius 3 is 2.56 bits per heavy atom. The summed E-state index contributed by atoms with van der Waals surface area (Å²) in [4.78, 5) is 4.18. The zero-order valence-corrected chi connectivity index (χ0v) is 11.5. The predicted molar refractivity (Wildman–Crippen MR) is 69.6 cm³/mol. The normalized spacial score (nSPS) is 12.7. The van der Waals surface area contributed by atoms with Crippen LogP contribution in [0.5, 0.6) is 5.75 Å². The molecule has 0 amide bonds. The first kappa shape index (κ1) is 14.9. The van der Waals surface area contributed by atoms with Crippen LogP contribution in [0.2, 0.25) is 0 Å². The van der Waals surface area contributed by atoms with Gasteiger partial charge in [0.25, 0.3) is 0 Å². The van der Waals surface area contributed by atoms with E-state index < -0.39 is 0 Å². The lowest BCUT2D eigenvalue weighted by Gasteiger charge is -2.24. The second-order valence-electron chi connectivity index (χ2n) is 3.91. The predicted octanol–water partition coefficient (Wildman–Crippen LogP) is 1.75. The molecule has 1 atom stereocenters. The van der Waals surface area contributed by atoms with E-state index in [1.165, 1.54) is 0 Å². The molecule has 0 bridgehead atoms. The highest BCUT2D eigenvalue weighted by Gasteiger charge is 2.21. The summed E-state index contributed by atoms with van der Waals surface area (Å²) in [5.41, 5.74) is 0.972. The third-order valence-corrected chi connectivity index (χ3v) is 2.61. The van der Waals surface area contributed by atoms with Gasteiger partial charge in [0, 0.05) is 20.4 Å². The van der Waals surface area contributed by atoms with E-state index in [1.54, 1.807) is 26.6 Å². The molecule has 0 spiro atoms. The SMILES string of the molecule is CCCOc1cncc(C(NC)C(OC)OC)c1. The zero-order chi connectivity index (χ0) is 13.4. The molecule has 0 fully saturated rings. The molecule has 0 aromatic carbocycles. The van der Waals surface area contributed by atoms with Gasteiger partial charge in [-0.15, -0.1) is 0 Å². The van der Waals surface area contributed by atoms with Crippen LogP contribution in [0, 0.1) is 0 Å². The third-order valence-electron chi connectivity index (χ3n) is 2.61. The van der Waals surface area contributed by atoms with E-state index in [0.29, 0.717) is 6.61 Å². The molecule has 102 valence electrons. The average Bonchev–Trinajstić information content (AvgIpc) is 2.42. The van der Waals surface area contributed by atoms with Crippen molar-refractivity contribution in [2.24, 2.45) is 0 Å². The van der Waals surface area contributed by atoms with Crippen molar-refractivity contribution < 1.29 is 14.2 Å². The maximum absolute atomic E-state index is 5.57. The van der Waals surface area contributed by atoms with Crippen molar-refractivity contribution in [2.45, 2.75) is 25.7 Å². The third kappa shape index (κ3) is 3.94. The topological polar surface area (TPSA) is 52.6 Å². The number of likely N-dealkylation sites (N-methyl/N-ethyl adjacent to an activating group) is 1. The molecule has 1 N–H and O–H groups in total. The van der Waals surface area contributed by atoms with Gasteiger partial charge in [-0.2, -0.15) is 0 Å². The van der Waals surface area contributed by atoms with E-state index in [2.05, 4.69) is 17.2 Å². The summed E-state index contributed by atoms with van der Waals surface area (Å²) in [6, 6.07) is 1.87. The van der Waals surface area contributed by atoms with Crippen molar-refractivity contribution in [3.05, 3.63) is 24.0 Å². The van der Waals surface area contributed by atoms with E-state index in [-0.39, 0.29) is 12.3 Å². The van der Waals surface area contributed by atoms with Crippen LogP contribution >= 0.6 is 0 Å². The van der Waals surface area contributed by atoms with Crippen molar-refractivity contribution in [1.82, 2.24) is 10.3 Å². The number of nitrogens with one attached hydrogen (secondary N) is 1. The Kier molecular flexibility index (Phi) is 6.64. The Morgan fingerprint density at radius 1 is 1.28 bits per heavy atom. The molecule has 1 aromatic rings. The first-order valence-corrected chi connectivity index (χ1v) is 6.07. The minimum Gasteiger partial charge on any atom is -0.492 e. The first-order chi connectivity index (χ1) is 8.76. The summed E-state index contributed by atoms with van der Waals surface area (Å²) in [5.74, 6) is 0.764. The van der Waals surface area contributed by atoms with E-state index in [0.717, 1.165) is 17.7 Å². The van der Waals surface area contributed by atoms with Gasteiger partial charge in [0.1, 0.15) is 5.75 Å². The van der Waals surface area contributed by atoms with Crippen LogP contribution in [0.25, 0.3) is 0 Å². The summed E-state index contributed by atoms with van der Waals surface area (Å²) in [5, 5.41) is 3.16. The number of nitrogens with zero attached hydrogens (tertiary/aromatic N) is 1. The van der Waals surface area contributed by atoms with Crippen molar-refractivity contribution in [1.29, 1.82) is 0 Å². The molecule has 0 aliphatic carbocycles. The molecule has 0 saturated heterocycles. The minimum atomic E-state index is -0.363. The molecule has 0 radical (unpaired) electrons. The lowest BCUT2D eigenvalue weighted by molar-refractivity contribution is -0.123. The lowest BCUT2D eigenvalue weighted by atomic mass is 10.1. The van der Waals surface area contributed by atoms with Crippen molar-refractivity contribution in [2.75, 3.05) is 27.9 Å². The summed E-state index contributed by atoms with van der Waals surface area (Å²) < 4.78 is 16.1. The second kappa shape index (κ2) is 8.02. The maximum Gasteiger partial charge on any atom is 0.176 e. The van der Waals surface area contributed by atoms with Gasteiger partial charge in [-0.05, 0) is 25.1 Å². The van der Waals surface area contributed by atoms with Crippen molar-refractivity contribution in [3.63, 3.8) is 0 Å². The van der Waals surface area contributed by atoms with Crippen LogP contribution in [0.4, 0.5) is 0 Å². The molecule has 1 heterocycles. The number of hydrogen-bond acceptors (Lipinski definition) is 5. The van der Waals surface area contributed by atoms with E-state index in [1.807, 2.05) is 13.1 Å². The molecule has 5 nitrogen and oxygen atoms in total. The Labute approximate surface area is 108 Å². The monoisotopic (exact) mass is 254 g/mol. The summed E-state index contributed by atoms with van der Waals surface area (Å²) in [6.07, 6.45) is 4.10. The lowest BCUT2D eigenvalue weighted by Crippen LogP contribution is -2.32. The minimum absolute atomic E-state index is 0.0855. The first-order valence-electron chi connectivity index (χ1n) is 6.07. The van der Waals surface area contributed by atoms with Crippen molar-refractivity contribution in [3.8, 4) is 5.75 Å². The number of ether oxygens (including phenoxy) is 3. The maximum atomic E-state index is 5.57. The Bertz CT molecular complexity index is 343. The smallest absolute Gasteiger partial charge is 0.176 e. The molecule has 5 heteroatoms. The van der Waals surface area contributed by atoms with Gasteiger partial charge < -0.3 is 19.5 Å². The fourth-order valence-electron chi connectivity index (χ4n) is 1.73. The summed E-state index contributed by atoms with van der Waals surface area (Å²) >= 11 is 0. The molecule has 0 saturated carbocycles.